The molecule has 6 heteroatoms. The number of carbonyl (C=O) groups is 2. The van der Waals surface area contributed by atoms with E-state index in [1.165, 1.54) is 6.21 Å². The van der Waals surface area contributed by atoms with Gasteiger partial charge in [0.25, 0.3) is 0 Å². The van der Waals surface area contributed by atoms with E-state index in [1.807, 2.05) is 54.6 Å². The van der Waals surface area contributed by atoms with Crippen LogP contribution in [0.5, 0.6) is 5.75 Å². The number of ether oxygens (including phenoxy) is 1. The van der Waals surface area contributed by atoms with Gasteiger partial charge in [-0.1, -0.05) is 60.7 Å². The minimum Gasteiger partial charge on any atom is -0.488 e. The Morgan fingerprint density at radius 3 is 2.21 bits per heavy atom. The zero-order valence-corrected chi connectivity index (χ0v) is 15.0. The third kappa shape index (κ3) is 5.54. The molecular formula is C22H19N3O3. The second-order valence-corrected chi connectivity index (χ2v) is 5.83. The smallest absolute Gasteiger partial charge is 0.329 e. The van der Waals surface area contributed by atoms with Crippen molar-refractivity contribution in [3.8, 4) is 5.75 Å². The Kier molecular flexibility index (Phi) is 6.52. The average Bonchev–Trinajstić information content (AvgIpc) is 2.74. The number of amides is 2. The van der Waals surface area contributed by atoms with Crippen LogP contribution in [0.25, 0.3) is 0 Å². The van der Waals surface area contributed by atoms with Crippen LogP contribution in [0.1, 0.15) is 11.1 Å². The Morgan fingerprint density at radius 2 is 1.46 bits per heavy atom. The first-order chi connectivity index (χ1) is 13.7. The monoisotopic (exact) mass is 373 g/mol. The highest BCUT2D eigenvalue weighted by Gasteiger charge is 2.12. The van der Waals surface area contributed by atoms with E-state index in [0.717, 1.165) is 5.56 Å². The molecule has 0 fully saturated rings. The SMILES string of the molecule is O=C(N/N=C/c1ccccc1OCc1ccccc1)C(=O)Nc1ccccc1. The van der Waals surface area contributed by atoms with Gasteiger partial charge in [0.15, 0.2) is 0 Å². The molecule has 0 unspecified atom stereocenters. The van der Waals surface area contributed by atoms with Gasteiger partial charge < -0.3 is 10.1 Å². The molecule has 140 valence electrons. The maximum atomic E-state index is 11.9. The first kappa shape index (κ1) is 18.8. The summed E-state index contributed by atoms with van der Waals surface area (Å²) in [6, 6.07) is 25.8. The van der Waals surface area contributed by atoms with Crippen molar-refractivity contribution >= 4 is 23.7 Å². The summed E-state index contributed by atoms with van der Waals surface area (Å²) in [5.41, 5.74) is 4.47. The van der Waals surface area contributed by atoms with Crippen molar-refractivity contribution in [2.24, 2.45) is 5.10 Å². The van der Waals surface area contributed by atoms with Crippen molar-refractivity contribution in [2.75, 3.05) is 5.32 Å². The maximum absolute atomic E-state index is 11.9. The summed E-state index contributed by atoms with van der Waals surface area (Å²) < 4.78 is 5.82. The molecule has 0 spiro atoms. The summed E-state index contributed by atoms with van der Waals surface area (Å²) >= 11 is 0. The molecule has 3 aromatic carbocycles. The number of carbonyl (C=O) groups excluding carboxylic acids is 2. The van der Waals surface area contributed by atoms with Crippen LogP contribution in [0.4, 0.5) is 5.69 Å². The first-order valence-electron chi connectivity index (χ1n) is 8.67. The molecule has 2 N–H and O–H groups in total. The Hall–Kier alpha value is -3.93. The third-order valence-corrected chi connectivity index (χ3v) is 3.76. The number of hydrazone groups is 1. The predicted octanol–water partition coefficient (Wildman–Crippen LogP) is 3.35. The molecule has 3 aromatic rings. The number of rotatable bonds is 6. The Labute approximate surface area is 162 Å². The van der Waals surface area contributed by atoms with Crippen LogP contribution in [0.15, 0.2) is 90.0 Å². The van der Waals surface area contributed by atoms with Gasteiger partial charge in [0, 0.05) is 11.3 Å². The van der Waals surface area contributed by atoms with Crippen LogP contribution in [-0.2, 0) is 16.2 Å². The lowest BCUT2D eigenvalue weighted by Crippen LogP contribution is -2.32. The first-order valence-corrected chi connectivity index (χ1v) is 8.67. The van der Waals surface area contributed by atoms with E-state index in [1.54, 1.807) is 30.3 Å². The van der Waals surface area contributed by atoms with Crippen LogP contribution in [0, 0.1) is 0 Å². The molecule has 6 nitrogen and oxygen atoms in total. The maximum Gasteiger partial charge on any atom is 0.329 e. The highest BCUT2D eigenvalue weighted by atomic mass is 16.5. The summed E-state index contributed by atoms with van der Waals surface area (Å²) in [5.74, 6) is -1.03. The lowest BCUT2D eigenvalue weighted by atomic mass is 10.2. The lowest BCUT2D eigenvalue weighted by molar-refractivity contribution is -0.136. The molecule has 0 radical (unpaired) electrons. The van der Waals surface area contributed by atoms with E-state index in [4.69, 9.17) is 4.74 Å². The molecule has 28 heavy (non-hydrogen) atoms. The number of nitrogens with one attached hydrogen (secondary N) is 2. The molecule has 0 aliphatic carbocycles. The summed E-state index contributed by atoms with van der Waals surface area (Å²) in [6.07, 6.45) is 1.44. The molecule has 0 aliphatic heterocycles. The van der Waals surface area contributed by atoms with Crippen molar-refractivity contribution < 1.29 is 14.3 Å². The molecule has 0 atom stereocenters. The molecule has 0 saturated heterocycles. The zero-order chi connectivity index (χ0) is 19.6. The van der Waals surface area contributed by atoms with Gasteiger partial charge in [0.1, 0.15) is 12.4 Å². The van der Waals surface area contributed by atoms with Crippen LogP contribution >= 0.6 is 0 Å². The van der Waals surface area contributed by atoms with Gasteiger partial charge >= 0.3 is 11.8 Å². The van der Waals surface area contributed by atoms with Crippen molar-refractivity contribution in [3.05, 3.63) is 96.1 Å². The Morgan fingerprint density at radius 1 is 0.821 bits per heavy atom. The Bertz CT molecular complexity index is 957. The van der Waals surface area contributed by atoms with E-state index < -0.39 is 11.8 Å². The largest absolute Gasteiger partial charge is 0.488 e. The third-order valence-electron chi connectivity index (χ3n) is 3.76. The quantitative estimate of drug-likeness (QED) is 0.395. The lowest BCUT2D eigenvalue weighted by Gasteiger charge is -2.09. The molecule has 0 aromatic heterocycles. The number of nitrogens with zero attached hydrogens (tertiary/aromatic N) is 1. The normalized spacial score (nSPS) is 10.4. The number of anilines is 1. The van der Waals surface area contributed by atoms with Gasteiger partial charge in [0.05, 0.1) is 6.21 Å². The van der Waals surface area contributed by atoms with E-state index in [-0.39, 0.29) is 0 Å². The average molecular weight is 373 g/mol. The molecule has 2 amide bonds. The van der Waals surface area contributed by atoms with Crippen LogP contribution < -0.4 is 15.5 Å². The second-order valence-electron chi connectivity index (χ2n) is 5.83. The van der Waals surface area contributed by atoms with Crippen molar-refractivity contribution in [1.29, 1.82) is 0 Å². The highest BCUT2D eigenvalue weighted by Crippen LogP contribution is 2.17. The summed E-state index contributed by atoms with van der Waals surface area (Å²) in [7, 11) is 0. The van der Waals surface area contributed by atoms with Gasteiger partial charge in [-0.3, -0.25) is 9.59 Å². The van der Waals surface area contributed by atoms with Gasteiger partial charge in [-0.2, -0.15) is 5.10 Å². The van der Waals surface area contributed by atoms with E-state index in [0.29, 0.717) is 23.6 Å². The fourth-order valence-electron chi connectivity index (χ4n) is 2.37. The van der Waals surface area contributed by atoms with E-state index in [9.17, 15) is 9.59 Å². The zero-order valence-electron chi connectivity index (χ0n) is 15.0. The fourth-order valence-corrected chi connectivity index (χ4v) is 2.37. The molecule has 0 aliphatic rings. The molecular weight excluding hydrogens is 354 g/mol. The van der Waals surface area contributed by atoms with Crippen molar-refractivity contribution in [3.63, 3.8) is 0 Å². The molecule has 0 saturated carbocycles. The minimum absolute atomic E-state index is 0.414. The Balaban J connectivity index is 1.56. The van der Waals surface area contributed by atoms with E-state index >= 15 is 0 Å². The van der Waals surface area contributed by atoms with Crippen LogP contribution in [-0.4, -0.2) is 18.0 Å². The van der Waals surface area contributed by atoms with Crippen molar-refractivity contribution in [1.82, 2.24) is 5.43 Å². The predicted molar refractivity (Wildman–Crippen MR) is 108 cm³/mol. The van der Waals surface area contributed by atoms with Gasteiger partial charge in [0.2, 0.25) is 0 Å². The van der Waals surface area contributed by atoms with Gasteiger partial charge in [-0.25, -0.2) is 5.43 Å². The summed E-state index contributed by atoms with van der Waals surface area (Å²) in [4.78, 5) is 23.7. The highest BCUT2D eigenvalue weighted by molar-refractivity contribution is 6.39. The summed E-state index contributed by atoms with van der Waals surface area (Å²) in [5, 5.41) is 6.35. The molecule has 0 heterocycles. The van der Waals surface area contributed by atoms with Gasteiger partial charge in [-0.05, 0) is 29.8 Å². The number of hydrogen-bond acceptors (Lipinski definition) is 4. The summed E-state index contributed by atoms with van der Waals surface area (Å²) in [6.45, 7) is 0.414. The topological polar surface area (TPSA) is 79.8 Å². The molecule has 0 bridgehead atoms. The van der Waals surface area contributed by atoms with Crippen LogP contribution in [0.3, 0.4) is 0 Å². The second kappa shape index (κ2) is 9.68. The fraction of sp³-hybridized carbons (Fsp3) is 0.0455. The standard InChI is InChI=1S/C22H19N3O3/c26-21(24-19-12-5-2-6-13-19)22(27)25-23-15-18-11-7-8-14-20(18)28-16-17-9-3-1-4-10-17/h1-15H,16H2,(H,24,26)(H,25,27)/b23-15+. The number of para-hydroxylation sites is 2. The number of benzene rings is 3. The van der Waals surface area contributed by atoms with E-state index in [2.05, 4.69) is 15.8 Å². The van der Waals surface area contributed by atoms with Crippen LogP contribution in [0.2, 0.25) is 0 Å². The van der Waals surface area contributed by atoms with Crippen molar-refractivity contribution in [2.45, 2.75) is 6.61 Å². The van der Waals surface area contributed by atoms with Gasteiger partial charge in [-0.15, -0.1) is 0 Å². The molecule has 3 rings (SSSR count). The number of hydrogen-bond donors (Lipinski definition) is 2. The minimum atomic E-state index is -0.859.